The van der Waals surface area contributed by atoms with Gasteiger partial charge in [0.05, 0.1) is 6.04 Å². The lowest BCUT2D eigenvalue weighted by atomic mass is 10.0. The summed E-state index contributed by atoms with van der Waals surface area (Å²) in [5.41, 5.74) is -0.0754. The van der Waals surface area contributed by atoms with E-state index in [4.69, 9.17) is 5.11 Å². The fourth-order valence-electron chi connectivity index (χ4n) is 2.29. The number of aliphatic hydroxyl groups is 1. The van der Waals surface area contributed by atoms with Gasteiger partial charge in [0.1, 0.15) is 23.0 Å². The van der Waals surface area contributed by atoms with E-state index in [2.05, 4.69) is 5.32 Å². The summed E-state index contributed by atoms with van der Waals surface area (Å²) in [6, 6.07) is 9.28. The van der Waals surface area contributed by atoms with E-state index in [9.17, 15) is 18.0 Å². The summed E-state index contributed by atoms with van der Waals surface area (Å²) in [4.78, 5) is 12.2. The molecule has 0 bridgehead atoms. The first-order chi connectivity index (χ1) is 11.0. The van der Waals surface area contributed by atoms with Crippen LogP contribution in [-0.4, -0.2) is 17.6 Å². The van der Waals surface area contributed by atoms with Crippen molar-refractivity contribution in [1.82, 2.24) is 5.32 Å². The quantitative estimate of drug-likeness (QED) is 0.856. The molecule has 0 aliphatic heterocycles. The van der Waals surface area contributed by atoms with Crippen LogP contribution in [0.25, 0.3) is 0 Å². The third-order valence-corrected chi connectivity index (χ3v) is 3.39. The molecule has 0 radical (unpaired) electrons. The molecule has 0 aliphatic carbocycles. The van der Waals surface area contributed by atoms with Crippen LogP contribution in [0.4, 0.5) is 13.2 Å². The van der Waals surface area contributed by atoms with Crippen molar-refractivity contribution in [3.05, 3.63) is 71.0 Å². The van der Waals surface area contributed by atoms with Crippen molar-refractivity contribution in [2.75, 3.05) is 6.61 Å². The number of rotatable bonds is 6. The zero-order chi connectivity index (χ0) is 16.8. The zero-order valence-electron chi connectivity index (χ0n) is 12.2. The summed E-state index contributed by atoms with van der Waals surface area (Å²) >= 11 is 0. The molecule has 2 aromatic rings. The van der Waals surface area contributed by atoms with E-state index in [0.29, 0.717) is 25.0 Å². The summed E-state index contributed by atoms with van der Waals surface area (Å²) in [5, 5.41) is 11.5. The third-order valence-electron chi connectivity index (χ3n) is 3.39. The highest BCUT2D eigenvalue weighted by Crippen LogP contribution is 2.21. The number of carbonyl (C=O) groups is 1. The molecule has 0 aliphatic rings. The molecule has 0 heterocycles. The molecule has 1 unspecified atom stereocenters. The van der Waals surface area contributed by atoms with E-state index in [0.717, 1.165) is 5.56 Å². The van der Waals surface area contributed by atoms with E-state index in [-0.39, 0.29) is 6.61 Å². The van der Waals surface area contributed by atoms with Crippen molar-refractivity contribution in [3.8, 4) is 0 Å². The summed E-state index contributed by atoms with van der Waals surface area (Å²) in [7, 11) is 0. The fourth-order valence-corrected chi connectivity index (χ4v) is 2.29. The van der Waals surface area contributed by atoms with Crippen molar-refractivity contribution >= 4 is 5.91 Å². The minimum Gasteiger partial charge on any atom is -0.396 e. The number of amides is 1. The Hall–Kier alpha value is -2.34. The van der Waals surface area contributed by atoms with Gasteiger partial charge in [-0.1, -0.05) is 30.3 Å². The van der Waals surface area contributed by atoms with Gasteiger partial charge in [-0.3, -0.25) is 4.79 Å². The molecule has 0 spiro atoms. The summed E-state index contributed by atoms with van der Waals surface area (Å²) < 4.78 is 40.3. The van der Waals surface area contributed by atoms with Crippen molar-refractivity contribution in [3.63, 3.8) is 0 Å². The van der Waals surface area contributed by atoms with Gasteiger partial charge in [0.15, 0.2) is 0 Å². The van der Waals surface area contributed by atoms with E-state index in [1.165, 1.54) is 0 Å². The topological polar surface area (TPSA) is 49.3 Å². The van der Waals surface area contributed by atoms with Crippen LogP contribution in [0.2, 0.25) is 0 Å². The SMILES string of the molecule is O=C(NC(CCCO)c1ccccc1)c1c(F)cc(F)cc1F. The molecule has 1 atom stereocenters. The van der Waals surface area contributed by atoms with Crippen LogP contribution >= 0.6 is 0 Å². The highest BCUT2D eigenvalue weighted by atomic mass is 19.1. The molecule has 23 heavy (non-hydrogen) atoms. The molecule has 2 rings (SSSR count). The Balaban J connectivity index is 2.24. The molecule has 0 fully saturated rings. The minimum absolute atomic E-state index is 0.0710. The monoisotopic (exact) mass is 323 g/mol. The normalized spacial score (nSPS) is 12.0. The van der Waals surface area contributed by atoms with Gasteiger partial charge in [0.25, 0.3) is 5.91 Å². The van der Waals surface area contributed by atoms with Crippen LogP contribution in [0.1, 0.15) is 34.8 Å². The number of hydrogen-bond donors (Lipinski definition) is 2. The smallest absolute Gasteiger partial charge is 0.257 e. The van der Waals surface area contributed by atoms with Gasteiger partial charge in [-0.15, -0.1) is 0 Å². The molecular weight excluding hydrogens is 307 g/mol. The maximum absolute atomic E-state index is 13.7. The maximum atomic E-state index is 13.7. The van der Waals surface area contributed by atoms with Gasteiger partial charge in [-0.2, -0.15) is 0 Å². The molecule has 122 valence electrons. The molecule has 1 amide bonds. The first-order valence-electron chi connectivity index (χ1n) is 7.14. The van der Waals surface area contributed by atoms with Crippen LogP contribution in [0.3, 0.4) is 0 Å². The molecule has 0 aromatic heterocycles. The van der Waals surface area contributed by atoms with Gasteiger partial charge in [0, 0.05) is 18.7 Å². The Morgan fingerprint density at radius 3 is 2.26 bits per heavy atom. The summed E-state index contributed by atoms with van der Waals surface area (Å²) in [5.74, 6) is -4.56. The fraction of sp³-hybridized carbons (Fsp3) is 0.235. The second kappa shape index (κ2) is 7.78. The lowest BCUT2D eigenvalue weighted by molar-refractivity contribution is 0.0923. The molecule has 2 aromatic carbocycles. The van der Waals surface area contributed by atoms with Gasteiger partial charge < -0.3 is 10.4 Å². The largest absolute Gasteiger partial charge is 0.396 e. The molecular formula is C17H16F3NO2. The maximum Gasteiger partial charge on any atom is 0.257 e. The predicted molar refractivity (Wildman–Crippen MR) is 79.3 cm³/mol. The second-order valence-corrected chi connectivity index (χ2v) is 5.05. The Morgan fingerprint density at radius 1 is 1.09 bits per heavy atom. The van der Waals surface area contributed by atoms with Crippen molar-refractivity contribution in [2.45, 2.75) is 18.9 Å². The van der Waals surface area contributed by atoms with E-state index >= 15 is 0 Å². The van der Waals surface area contributed by atoms with Gasteiger partial charge in [-0.25, -0.2) is 13.2 Å². The first kappa shape index (κ1) is 17.0. The number of halogens is 3. The Kier molecular flexibility index (Phi) is 5.76. The van der Waals surface area contributed by atoms with Crippen LogP contribution < -0.4 is 5.32 Å². The second-order valence-electron chi connectivity index (χ2n) is 5.05. The predicted octanol–water partition coefficient (Wildman–Crippen LogP) is 3.35. The highest BCUT2D eigenvalue weighted by Gasteiger charge is 2.22. The third kappa shape index (κ3) is 4.32. The number of nitrogens with one attached hydrogen (secondary N) is 1. The Labute approximate surface area is 131 Å². The van der Waals surface area contributed by atoms with Crippen LogP contribution in [0.15, 0.2) is 42.5 Å². The molecule has 3 nitrogen and oxygen atoms in total. The standard InChI is InChI=1S/C17H16F3NO2/c18-12-9-13(19)16(14(20)10-12)17(23)21-15(7-4-8-22)11-5-2-1-3-6-11/h1-3,5-6,9-10,15,22H,4,7-8H2,(H,21,23). The minimum atomic E-state index is -1.26. The Morgan fingerprint density at radius 2 is 1.70 bits per heavy atom. The molecule has 0 saturated heterocycles. The van der Waals surface area contributed by atoms with Gasteiger partial charge in [-0.05, 0) is 18.4 Å². The average Bonchev–Trinajstić information content (AvgIpc) is 2.51. The zero-order valence-corrected chi connectivity index (χ0v) is 12.2. The van der Waals surface area contributed by atoms with Crippen molar-refractivity contribution in [2.24, 2.45) is 0 Å². The lowest BCUT2D eigenvalue weighted by Crippen LogP contribution is -2.30. The van der Waals surface area contributed by atoms with Gasteiger partial charge in [0.2, 0.25) is 0 Å². The van der Waals surface area contributed by atoms with Crippen molar-refractivity contribution < 1.29 is 23.1 Å². The van der Waals surface area contributed by atoms with Crippen molar-refractivity contribution in [1.29, 1.82) is 0 Å². The van der Waals surface area contributed by atoms with E-state index in [1.807, 2.05) is 0 Å². The average molecular weight is 323 g/mol. The summed E-state index contributed by atoms with van der Waals surface area (Å²) in [6.45, 7) is -0.0710. The molecule has 2 N–H and O–H groups in total. The number of benzene rings is 2. The molecule has 6 heteroatoms. The van der Waals surface area contributed by atoms with Crippen LogP contribution in [-0.2, 0) is 0 Å². The van der Waals surface area contributed by atoms with Crippen LogP contribution in [0, 0.1) is 17.5 Å². The number of hydrogen-bond acceptors (Lipinski definition) is 2. The number of carbonyl (C=O) groups excluding carboxylic acids is 1. The lowest BCUT2D eigenvalue weighted by Gasteiger charge is -2.19. The first-order valence-corrected chi connectivity index (χ1v) is 7.14. The number of aliphatic hydroxyl groups excluding tert-OH is 1. The van der Waals surface area contributed by atoms with Crippen LogP contribution in [0.5, 0.6) is 0 Å². The van der Waals surface area contributed by atoms with Gasteiger partial charge >= 0.3 is 0 Å². The molecule has 0 saturated carbocycles. The summed E-state index contributed by atoms with van der Waals surface area (Å²) in [6.07, 6.45) is 0.810. The van der Waals surface area contributed by atoms with E-state index in [1.54, 1.807) is 30.3 Å². The Bertz CT molecular complexity index is 654. The highest BCUT2D eigenvalue weighted by molar-refractivity contribution is 5.95. The van der Waals surface area contributed by atoms with E-state index < -0.39 is 35.0 Å².